The number of hydrogen-bond acceptors (Lipinski definition) is 7. The van der Waals surface area contributed by atoms with Crippen LogP contribution in [0.15, 0.2) is 20.9 Å². The highest BCUT2D eigenvalue weighted by Crippen LogP contribution is 2.23. The van der Waals surface area contributed by atoms with Gasteiger partial charge in [-0.05, 0) is 20.3 Å². The maximum atomic E-state index is 12.7. The number of amides is 1. The number of thiazole rings is 1. The van der Waals surface area contributed by atoms with Crippen molar-refractivity contribution in [1.82, 2.24) is 14.5 Å². The quantitative estimate of drug-likeness (QED) is 0.676. The second kappa shape index (κ2) is 7.16. The van der Waals surface area contributed by atoms with Crippen molar-refractivity contribution < 1.29 is 13.9 Å². The molecular formula is C16H18N4O4S. The van der Waals surface area contributed by atoms with Gasteiger partial charge < -0.3 is 9.15 Å². The van der Waals surface area contributed by atoms with E-state index in [9.17, 15) is 9.59 Å². The van der Waals surface area contributed by atoms with Crippen molar-refractivity contribution in [2.75, 3.05) is 19.0 Å². The Morgan fingerprint density at radius 3 is 2.92 bits per heavy atom. The lowest BCUT2D eigenvalue weighted by Crippen LogP contribution is -2.23. The minimum atomic E-state index is -0.431. The monoisotopic (exact) mass is 362 g/mol. The molecule has 0 aliphatic rings. The lowest BCUT2D eigenvalue weighted by molar-refractivity contribution is 0.102. The summed E-state index contributed by atoms with van der Waals surface area (Å²) >= 11 is 1.32. The molecule has 9 heteroatoms. The molecule has 0 spiro atoms. The molecule has 0 aliphatic carbocycles. The summed E-state index contributed by atoms with van der Waals surface area (Å²) in [6, 6.07) is 0. The Kier molecular flexibility index (Phi) is 4.95. The first-order valence-electron chi connectivity index (χ1n) is 7.72. The van der Waals surface area contributed by atoms with Crippen molar-refractivity contribution in [3.63, 3.8) is 0 Å². The standard InChI is InChI=1S/C16H18N4O4S/c1-9-7-25-16(18-9)19-13(21)11-10(2)24-14-12(11)15(22)20(8-17-14)5-4-6-23-3/h7-8H,4-6H2,1-3H3,(H,18,19,21). The minimum absolute atomic E-state index is 0.158. The molecule has 1 amide bonds. The van der Waals surface area contributed by atoms with Crippen LogP contribution >= 0.6 is 11.3 Å². The predicted molar refractivity (Wildman–Crippen MR) is 94.3 cm³/mol. The SMILES string of the molecule is COCCCn1cnc2oc(C)c(C(=O)Nc3nc(C)cs3)c2c1=O. The van der Waals surface area contributed by atoms with E-state index in [-0.39, 0.29) is 22.2 Å². The molecule has 1 N–H and O–H groups in total. The highest BCUT2D eigenvalue weighted by atomic mass is 32.1. The summed E-state index contributed by atoms with van der Waals surface area (Å²) in [6.07, 6.45) is 2.09. The third-order valence-electron chi connectivity index (χ3n) is 3.67. The number of aromatic nitrogens is 3. The molecular weight excluding hydrogens is 344 g/mol. The van der Waals surface area contributed by atoms with Crippen molar-refractivity contribution in [1.29, 1.82) is 0 Å². The van der Waals surface area contributed by atoms with Crippen LogP contribution in [0.5, 0.6) is 0 Å². The van der Waals surface area contributed by atoms with Gasteiger partial charge in [0.2, 0.25) is 5.71 Å². The Hall–Kier alpha value is -2.52. The van der Waals surface area contributed by atoms with Crippen LogP contribution < -0.4 is 10.9 Å². The number of methoxy groups -OCH3 is 1. The summed E-state index contributed by atoms with van der Waals surface area (Å²) < 4.78 is 12.0. The highest BCUT2D eigenvalue weighted by Gasteiger charge is 2.23. The fourth-order valence-corrected chi connectivity index (χ4v) is 3.20. The largest absolute Gasteiger partial charge is 0.442 e. The zero-order chi connectivity index (χ0) is 18.0. The Morgan fingerprint density at radius 2 is 2.24 bits per heavy atom. The van der Waals surface area contributed by atoms with E-state index in [1.165, 1.54) is 22.2 Å². The first-order chi connectivity index (χ1) is 12.0. The van der Waals surface area contributed by atoms with Crippen LogP contribution in [0.3, 0.4) is 0 Å². The van der Waals surface area contributed by atoms with Gasteiger partial charge in [-0.1, -0.05) is 0 Å². The van der Waals surface area contributed by atoms with Gasteiger partial charge >= 0.3 is 0 Å². The fourth-order valence-electron chi connectivity index (χ4n) is 2.52. The Labute approximate surface area is 147 Å². The Bertz CT molecular complexity index is 972. The van der Waals surface area contributed by atoms with Gasteiger partial charge in [0.05, 0.1) is 11.3 Å². The van der Waals surface area contributed by atoms with Gasteiger partial charge in [0.1, 0.15) is 17.5 Å². The van der Waals surface area contributed by atoms with Crippen molar-refractivity contribution >= 4 is 33.5 Å². The van der Waals surface area contributed by atoms with E-state index in [1.54, 1.807) is 14.0 Å². The molecule has 3 heterocycles. The number of nitrogens with zero attached hydrogens (tertiary/aromatic N) is 3. The van der Waals surface area contributed by atoms with E-state index in [2.05, 4.69) is 15.3 Å². The van der Waals surface area contributed by atoms with Crippen LogP contribution in [-0.4, -0.2) is 34.2 Å². The molecule has 3 aromatic heterocycles. The van der Waals surface area contributed by atoms with Crippen LogP contribution in [0.1, 0.15) is 28.2 Å². The van der Waals surface area contributed by atoms with Crippen molar-refractivity contribution in [3.8, 4) is 0 Å². The second-order valence-electron chi connectivity index (χ2n) is 5.55. The molecule has 8 nitrogen and oxygen atoms in total. The summed E-state index contributed by atoms with van der Waals surface area (Å²) in [4.78, 5) is 33.8. The fraction of sp³-hybridized carbons (Fsp3) is 0.375. The topological polar surface area (TPSA) is 99.2 Å². The van der Waals surface area contributed by atoms with Crippen molar-refractivity contribution in [3.05, 3.63) is 39.1 Å². The van der Waals surface area contributed by atoms with Crippen LogP contribution in [0, 0.1) is 13.8 Å². The van der Waals surface area contributed by atoms with Gasteiger partial charge in [-0.3, -0.25) is 19.5 Å². The zero-order valence-corrected chi connectivity index (χ0v) is 15.0. The zero-order valence-electron chi connectivity index (χ0n) is 14.2. The summed E-state index contributed by atoms with van der Waals surface area (Å²) in [5.74, 6) is -0.0841. The number of carbonyl (C=O) groups excluding carboxylic acids is 1. The molecule has 0 saturated heterocycles. The second-order valence-corrected chi connectivity index (χ2v) is 6.41. The van der Waals surface area contributed by atoms with Crippen LogP contribution in [0.4, 0.5) is 5.13 Å². The third-order valence-corrected chi connectivity index (χ3v) is 4.54. The average Bonchev–Trinajstić information content (AvgIpc) is 3.12. The molecule has 3 aromatic rings. The van der Waals surface area contributed by atoms with Crippen LogP contribution in [0.25, 0.3) is 11.1 Å². The van der Waals surface area contributed by atoms with Crippen molar-refractivity contribution in [2.24, 2.45) is 0 Å². The number of fused-ring (bicyclic) bond motifs is 1. The lowest BCUT2D eigenvalue weighted by atomic mass is 10.2. The van der Waals surface area contributed by atoms with E-state index < -0.39 is 5.91 Å². The number of ether oxygens (including phenoxy) is 1. The molecule has 0 aromatic carbocycles. The smallest absolute Gasteiger partial charge is 0.265 e. The van der Waals surface area contributed by atoms with E-state index in [0.29, 0.717) is 30.5 Å². The molecule has 0 radical (unpaired) electrons. The minimum Gasteiger partial charge on any atom is -0.442 e. The van der Waals surface area contributed by atoms with Crippen LogP contribution in [0.2, 0.25) is 0 Å². The number of aryl methyl sites for hydroxylation is 3. The molecule has 0 bridgehead atoms. The maximum absolute atomic E-state index is 12.7. The molecule has 3 rings (SSSR count). The maximum Gasteiger partial charge on any atom is 0.265 e. The molecule has 0 atom stereocenters. The Balaban J connectivity index is 1.99. The number of carbonyl (C=O) groups is 1. The van der Waals surface area contributed by atoms with E-state index in [4.69, 9.17) is 9.15 Å². The van der Waals surface area contributed by atoms with E-state index >= 15 is 0 Å². The molecule has 0 unspecified atom stereocenters. The van der Waals surface area contributed by atoms with Gasteiger partial charge in [0, 0.05) is 25.6 Å². The predicted octanol–water partition coefficient (Wildman–Crippen LogP) is 2.35. The number of hydrogen-bond donors (Lipinski definition) is 1. The summed E-state index contributed by atoms with van der Waals surface area (Å²) in [5.41, 5.74) is 0.863. The normalized spacial score (nSPS) is 11.2. The third kappa shape index (κ3) is 3.47. The van der Waals surface area contributed by atoms with Gasteiger partial charge in [-0.2, -0.15) is 0 Å². The van der Waals surface area contributed by atoms with Gasteiger partial charge in [0.25, 0.3) is 11.5 Å². The van der Waals surface area contributed by atoms with Gasteiger partial charge in [0.15, 0.2) is 5.13 Å². The molecule has 0 aliphatic heterocycles. The number of anilines is 1. The van der Waals surface area contributed by atoms with E-state index in [1.807, 2.05) is 12.3 Å². The van der Waals surface area contributed by atoms with E-state index in [0.717, 1.165) is 5.69 Å². The van der Waals surface area contributed by atoms with Crippen molar-refractivity contribution in [2.45, 2.75) is 26.8 Å². The molecule has 0 fully saturated rings. The molecule has 0 saturated carbocycles. The van der Waals surface area contributed by atoms with Crippen LogP contribution in [-0.2, 0) is 11.3 Å². The number of nitrogens with one attached hydrogen (secondary N) is 1. The number of furan rings is 1. The Morgan fingerprint density at radius 1 is 1.44 bits per heavy atom. The molecule has 25 heavy (non-hydrogen) atoms. The number of rotatable bonds is 6. The van der Waals surface area contributed by atoms with Gasteiger partial charge in [-0.25, -0.2) is 9.97 Å². The highest BCUT2D eigenvalue weighted by molar-refractivity contribution is 7.13. The average molecular weight is 362 g/mol. The lowest BCUT2D eigenvalue weighted by Gasteiger charge is -2.05. The first-order valence-corrected chi connectivity index (χ1v) is 8.60. The van der Waals surface area contributed by atoms with Gasteiger partial charge in [-0.15, -0.1) is 11.3 Å². The molecule has 132 valence electrons. The summed E-state index contributed by atoms with van der Waals surface area (Å²) in [7, 11) is 1.60. The summed E-state index contributed by atoms with van der Waals surface area (Å²) in [5, 5.41) is 5.20. The summed E-state index contributed by atoms with van der Waals surface area (Å²) in [6.45, 7) is 4.46. The first kappa shape index (κ1) is 17.3.